The molecule has 1 aromatic carbocycles. The van der Waals surface area contributed by atoms with E-state index in [-0.39, 0.29) is 12.1 Å². The molecule has 0 bridgehead atoms. The van der Waals surface area contributed by atoms with Crippen LogP contribution in [0.1, 0.15) is 18.5 Å². The minimum absolute atomic E-state index is 0.00499. The van der Waals surface area contributed by atoms with E-state index in [1.54, 1.807) is 18.5 Å². The topological polar surface area (TPSA) is 80.2 Å². The predicted octanol–water partition coefficient (Wildman–Crippen LogP) is 3.15. The van der Waals surface area contributed by atoms with Gasteiger partial charge in [0.1, 0.15) is 12.4 Å². The van der Waals surface area contributed by atoms with Crippen molar-refractivity contribution in [2.75, 3.05) is 23.4 Å². The average Bonchev–Trinajstić information content (AvgIpc) is 3.07. The standard InChI is InChI=1S/C18H17N5O2/c1-12(13-4-5-15-14(11-13)3-2-7-19-15)21-17-20-8-6-16(22-17)23-9-10-25-18(23)24/h2-8,11-12H,9-10H2,1H3,(H,20,21,22). The van der Waals surface area contributed by atoms with Gasteiger partial charge in [0.15, 0.2) is 0 Å². The molecular formula is C18H17N5O2. The first-order chi connectivity index (χ1) is 12.2. The monoisotopic (exact) mass is 335 g/mol. The first-order valence-corrected chi connectivity index (χ1v) is 8.09. The van der Waals surface area contributed by atoms with Crippen LogP contribution in [-0.4, -0.2) is 34.2 Å². The maximum Gasteiger partial charge on any atom is 0.415 e. The van der Waals surface area contributed by atoms with Crippen molar-refractivity contribution in [1.82, 2.24) is 15.0 Å². The highest BCUT2D eigenvalue weighted by Gasteiger charge is 2.25. The van der Waals surface area contributed by atoms with Gasteiger partial charge in [-0.3, -0.25) is 9.88 Å². The molecule has 2 aromatic heterocycles. The first kappa shape index (κ1) is 15.3. The number of benzene rings is 1. The zero-order valence-corrected chi connectivity index (χ0v) is 13.7. The molecule has 1 fully saturated rings. The summed E-state index contributed by atoms with van der Waals surface area (Å²) in [6.45, 7) is 2.92. The molecule has 1 amide bonds. The summed E-state index contributed by atoms with van der Waals surface area (Å²) < 4.78 is 4.95. The van der Waals surface area contributed by atoms with Crippen LogP contribution in [0.5, 0.6) is 0 Å². The Labute approximate surface area is 144 Å². The van der Waals surface area contributed by atoms with Crippen molar-refractivity contribution in [3.63, 3.8) is 0 Å². The van der Waals surface area contributed by atoms with Crippen LogP contribution in [0.15, 0.2) is 48.8 Å². The number of cyclic esters (lactones) is 1. The van der Waals surface area contributed by atoms with Crippen LogP contribution in [0.2, 0.25) is 0 Å². The number of anilines is 2. The number of nitrogens with zero attached hydrogens (tertiary/aromatic N) is 4. The van der Waals surface area contributed by atoms with E-state index in [2.05, 4.69) is 26.3 Å². The Kier molecular flexibility index (Phi) is 3.89. The van der Waals surface area contributed by atoms with E-state index in [1.165, 1.54) is 4.90 Å². The Balaban J connectivity index is 1.55. The number of pyridine rings is 1. The van der Waals surface area contributed by atoms with Gasteiger partial charge in [-0.2, -0.15) is 4.98 Å². The van der Waals surface area contributed by atoms with Crippen LogP contribution >= 0.6 is 0 Å². The SMILES string of the molecule is CC(Nc1nccc(N2CCOC2=O)n1)c1ccc2ncccc2c1. The number of carbonyl (C=O) groups excluding carboxylic acids is 1. The zero-order valence-electron chi connectivity index (χ0n) is 13.7. The number of hydrogen-bond donors (Lipinski definition) is 1. The number of rotatable bonds is 4. The van der Waals surface area contributed by atoms with Crippen LogP contribution < -0.4 is 10.2 Å². The minimum Gasteiger partial charge on any atom is -0.447 e. The lowest BCUT2D eigenvalue weighted by Crippen LogP contribution is -2.25. The van der Waals surface area contributed by atoms with Crippen LogP contribution in [0, 0.1) is 0 Å². The third-order valence-corrected chi connectivity index (χ3v) is 4.15. The zero-order chi connectivity index (χ0) is 17.2. The highest BCUT2D eigenvalue weighted by atomic mass is 16.6. The summed E-state index contributed by atoms with van der Waals surface area (Å²) in [5.41, 5.74) is 2.07. The van der Waals surface area contributed by atoms with Gasteiger partial charge in [-0.25, -0.2) is 9.78 Å². The summed E-state index contributed by atoms with van der Waals surface area (Å²) in [7, 11) is 0. The van der Waals surface area contributed by atoms with Crippen molar-refractivity contribution < 1.29 is 9.53 Å². The normalized spacial score (nSPS) is 15.2. The Bertz CT molecular complexity index is 930. The number of ether oxygens (including phenoxy) is 1. The molecule has 1 saturated heterocycles. The van der Waals surface area contributed by atoms with E-state index in [4.69, 9.17) is 4.74 Å². The molecule has 3 aromatic rings. The van der Waals surface area contributed by atoms with E-state index in [0.717, 1.165) is 16.5 Å². The second kappa shape index (κ2) is 6.35. The first-order valence-electron chi connectivity index (χ1n) is 8.09. The van der Waals surface area contributed by atoms with Gasteiger partial charge in [0.05, 0.1) is 18.1 Å². The number of amides is 1. The number of hydrogen-bond acceptors (Lipinski definition) is 6. The molecule has 1 unspecified atom stereocenters. The summed E-state index contributed by atoms with van der Waals surface area (Å²) in [6.07, 6.45) is 3.04. The van der Waals surface area contributed by atoms with Gasteiger partial charge in [0.25, 0.3) is 0 Å². The summed E-state index contributed by atoms with van der Waals surface area (Å²) in [6, 6.07) is 11.8. The Morgan fingerprint density at radius 1 is 1.20 bits per heavy atom. The fourth-order valence-electron chi connectivity index (χ4n) is 2.81. The van der Waals surface area contributed by atoms with E-state index >= 15 is 0 Å². The predicted molar refractivity (Wildman–Crippen MR) is 94.5 cm³/mol. The van der Waals surface area contributed by atoms with Crippen molar-refractivity contribution in [1.29, 1.82) is 0 Å². The molecule has 4 rings (SSSR count). The summed E-state index contributed by atoms with van der Waals surface area (Å²) in [5, 5.41) is 4.37. The highest BCUT2D eigenvalue weighted by molar-refractivity contribution is 5.88. The van der Waals surface area contributed by atoms with E-state index in [1.807, 2.05) is 31.2 Å². The molecule has 3 heterocycles. The second-order valence-corrected chi connectivity index (χ2v) is 5.83. The van der Waals surface area contributed by atoms with Gasteiger partial charge in [-0.15, -0.1) is 0 Å². The van der Waals surface area contributed by atoms with Crippen molar-refractivity contribution in [2.24, 2.45) is 0 Å². The molecular weight excluding hydrogens is 318 g/mol. The van der Waals surface area contributed by atoms with E-state index in [0.29, 0.717) is 24.9 Å². The summed E-state index contributed by atoms with van der Waals surface area (Å²) in [5.74, 6) is 1.01. The van der Waals surface area contributed by atoms with Crippen LogP contribution in [0.4, 0.5) is 16.6 Å². The molecule has 0 spiro atoms. The molecule has 1 aliphatic rings. The lowest BCUT2D eigenvalue weighted by molar-refractivity contribution is 0.181. The van der Waals surface area contributed by atoms with Crippen molar-refractivity contribution >= 4 is 28.8 Å². The average molecular weight is 335 g/mol. The largest absolute Gasteiger partial charge is 0.447 e. The molecule has 7 nitrogen and oxygen atoms in total. The van der Waals surface area contributed by atoms with Crippen LogP contribution in [0.25, 0.3) is 10.9 Å². The number of carbonyl (C=O) groups is 1. The molecule has 0 saturated carbocycles. The maximum absolute atomic E-state index is 11.7. The summed E-state index contributed by atoms with van der Waals surface area (Å²) >= 11 is 0. The lowest BCUT2D eigenvalue weighted by Gasteiger charge is -2.17. The molecule has 7 heteroatoms. The molecule has 1 atom stereocenters. The summed E-state index contributed by atoms with van der Waals surface area (Å²) in [4.78, 5) is 26.2. The van der Waals surface area contributed by atoms with Crippen LogP contribution in [-0.2, 0) is 4.74 Å². The third-order valence-electron chi connectivity index (χ3n) is 4.15. The molecule has 25 heavy (non-hydrogen) atoms. The van der Waals surface area contributed by atoms with Gasteiger partial charge < -0.3 is 10.1 Å². The molecule has 126 valence electrons. The number of aromatic nitrogens is 3. The van der Waals surface area contributed by atoms with Gasteiger partial charge in [-0.05, 0) is 36.8 Å². The second-order valence-electron chi connectivity index (χ2n) is 5.83. The van der Waals surface area contributed by atoms with Gasteiger partial charge in [-0.1, -0.05) is 12.1 Å². The fourth-order valence-corrected chi connectivity index (χ4v) is 2.81. The Morgan fingerprint density at radius 3 is 2.96 bits per heavy atom. The van der Waals surface area contributed by atoms with E-state index < -0.39 is 0 Å². The Hall–Kier alpha value is -3.22. The minimum atomic E-state index is -0.375. The van der Waals surface area contributed by atoms with E-state index in [9.17, 15) is 4.79 Å². The fraction of sp³-hybridized carbons (Fsp3) is 0.222. The number of nitrogens with one attached hydrogen (secondary N) is 1. The smallest absolute Gasteiger partial charge is 0.415 e. The Morgan fingerprint density at radius 2 is 2.12 bits per heavy atom. The van der Waals surface area contributed by atoms with Crippen molar-refractivity contribution in [3.05, 3.63) is 54.4 Å². The van der Waals surface area contributed by atoms with Gasteiger partial charge in [0, 0.05) is 17.8 Å². The molecule has 0 radical (unpaired) electrons. The van der Waals surface area contributed by atoms with Gasteiger partial charge >= 0.3 is 6.09 Å². The van der Waals surface area contributed by atoms with Crippen molar-refractivity contribution in [3.8, 4) is 0 Å². The number of fused-ring (bicyclic) bond motifs is 1. The highest BCUT2D eigenvalue weighted by Crippen LogP contribution is 2.23. The molecule has 1 N–H and O–H groups in total. The maximum atomic E-state index is 11.7. The van der Waals surface area contributed by atoms with Gasteiger partial charge in [0.2, 0.25) is 5.95 Å². The lowest BCUT2D eigenvalue weighted by atomic mass is 10.1. The van der Waals surface area contributed by atoms with Crippen molar-refractivity contribution in [2.45, 2.75) is 13.0 Å². The third kappa shape index (κ3) is 3.08. The quantitative estimate of drug-likeness (QED) is 0.789. The van der Waals surface area contributed by atoms with Crippen LogP contribution in [0.3, 0.4) is 0 Å². The molecule has 1 aliphatic heterocycles. The molecule has 0 aliphatic carbocycles.